The van der Waals surface area contributed by atoms with E-state index in [2.05, 4.69) is 10.6 Å². The number of carbonyl (C=O) groups is 3. The Morgan fingerprint density at radius 2 is 1.73 bits per heavy atom. The Morgan fingerprint density at radius 1 is 1.10 bits per heavy atom. The van der Waals surface area contributed by atoms with Crippen molar-refractivity contribution in [2.75, 3.05) is 13.1 Å². The Bertz CT molecular complexity index is 1400. The van der Waals surface area contributed by atoms with Gasteiger partial charge in [0.2, 0.25) is 11.8 Å². The highest BCUT2D eigenvalue weighted by molar-refractivity contribution is 7.14. The molecule has 11 heteroatoms. The van der Waals surface area contributed by atoms with Gasteiger partial charge in [0, 0.05) is 17.0 Å². The number of amidine groups is 1. The van der Waals surface area contributed by atoms with Crippen LogP contribution in [0, 0.1) is 16.6 Å². The molecule has 0 saturated carbocycles. The number of carbonyl (C=O) groups excluding carboxylic acids is 3. The molecule has 1 fully saturated rings. The third-order valence-electron chi connectivity index (χ3n) is 6.59. The first-order valence-electron chi connectivity index (χ1n) is 12.8. The molecule has 2 heterocycles. The first kappa shape index (κ1) is 28.8. The Hall–Kier alpha value is -4.25. The van der Waals surface area contributed by atoms with Gasteiger partial charge in [-0.2, -0.15) is 0 Å². The summed E-state index contributed by atoms with van der Waals surface area (Å²) in [7, 11) is 0. The normalized spacial score (nSPS) is 16.7. The number of benzene rings is 2. The van der Waals surface area contributed by atoms with Crippen molar-refractivity contribution in [1.82, 2.24) is 15.5 Å². The number of halogens is 1. The second kappa shape index (κ2) is 11.9. The minimum atomic E-state index is -0.669. The third kappa shape index (κ3) is 7.03. The SMILES string of the molecule is C[C@@H](NC(=O)[C@@H]1CC(C)(C)CN1C(=O)CNC(=O)c1ccc(Oc2ccc(F)cc2)cc1)c1ccc(C(=N)N)s1. The summed E-state index contributed by atoms with van der Waals surface area (Å²) in [6.07, 6.45) is 0.490. The number of thiophene rings is 1. The monoisotopic (exact) mass is 565 g/mol. The molecule has 40 heavy (non-hydrogen) atoms. The molecule has 1 saturated heterocycles. The smallest absolute Gasteiger partial charge is 0.251 e. The summed E-state index contributed by atoms with van der Waals surface area (Å²) in [6, 6.07) is 14.5. The van der Waals surface area contributed by atoms with Crippen LogP contribution in [0.3, 0.4) is 0 Å². The third-order valence-corrected chi connectivity index (χ3v) is 7.89. The Morgan fingerprint density at radius 3 is 2.33 bits per heavy atom. The molecule has 0 radical (unpaired) electrons. The average molecular weight is 566 g/mol. The van der Waals surface area contributed by atoms with Crippen molar-refractivity contribution in [1.29, 1.82) is 5.41 Å². The lowest BCUT2D eigenvalue weighted by molar-refractivity contribution is -0.138. The van der Waals surface area contributed by atoms with Gasteiger partial charge < -0.3 is 26.0 Å². The number of amides is 3. The molecule has 0 unspecified atom stereocenters. The van der Waals surface area contributed by atoms with Crippen molar-refractivity contribution < 1.29 is 23.5 Å². The molecular weight excluding hydrogens is 533 g/mol. The van der Waals surface area contributed by atoms with Crippen LogP contribution in [0.2, 0.25) is 0 Å². The van der Waals surface area contributed by atoms with E-state index in [1.165, 1.54) is 40.5 Å². The predicted molar refractivity (Wildman–Crippen MR) is 151 cm³/mol. The molecule has 4 rings (SSSR count). The lowest BCUT2D eigenvalue weighted by Gasteiger charge is -2.25. The molecule has 3 amide bonds. The number of rotatable bonds is 9. The van der Waals surface area contributed by atoms with Crippen LogP contribution in [0.15, 0.2) is 60.7 Å². The van der Waals surface area contributed by atoms with Crippen molar-refractivity contribution in [3.8, 4) is 11.5 Å². The van der Waals surface area contributed by atoms with Gasteiger partial charge in [0.15, 0.2) is 0 Å². The van der Waals surface area contributed by atoms with Crippen LogP contribution in [0.1, 0.15) is 53.3 Å². The maximum atomic E-state index is 13.2. The van der Waals surface area contributed by atoms with Crippen LogP contribution >= 0.6 is 11.3 Å². The lowest BCUT2D eigenvalue weighted by Crippen LogP contribution is -2.49. The molecule has 0 spiro atoms. The van der Waals surface area contributed by atoms with E-state index in [1.807, 2.05) is 26.8 Å². The Kier molecular flexibility index (Phi) is 8.53. The summed E-state index contributed by atoms with van der Waals surface area (Å²) < 4.78 is 18.7. The number of nitrogens with two attached hydrogens (primary N) is 1. The number of ether oxygens (including phenoxy) is 1. The number of likely N-dealkylation sites (tertiary alicyclic amines) is 1. The molecule has 5 N–H and O–H groups in total. The summed E-state index contributed by atoms with van der Waals surface area (Å²) in [6.45, 7) is 5.97. The Balaban J connectivity index is 1.34. The first-order valence-corrected chi connectivity index (χ1v) is 13.6. The highest BCUT2D eigenvalue weighted by Crippen LogP contribution is 2.34. The quantitative estimate of drug-likeness (QED) is 0.228. The van der Waals surface area contributed by atoms with Gasteiger partial charge in [-0.1, -0.05) is 13.8 Å². The van der Waals surface area contributed by atoms with E-state index in [1.54, 1.807) is 30.3 Å². The molecule has 0 aliphatic carbocycles. The summed E-state index contributed by atoms with van der Waals surface area (Å²) in [5.41, 5.74) is 5.62. The van der Waals surface area contributed by atoms with Gasteiger partial charge in [-0.05, 0) is 79.4 Å². The molecule has 1 aliphatic rings. The van der Waals surface area contributed by atoms with Crippen molar-refractivity contribution in [2.24, 2.45) is 11.1 Å². The first-order chi connectivity index (χ1) is 18.9. The molecule has 2 aromatic carbocycles. The van der Waals surface area contributed by atoms with Gasteiger partial charge in [-0.15, -0.1) is 11.3 Å². The maximum Gasteiger partial charge on any atom is 0.251 e. The zero-order chi connectivity index (χ0) is 29.0. The number of hydrogen-bond donors (Lipinski definition) is 4. The highest BCUT2D eigenvalue weighted by atomic mass is 32.1. The summed E-state index contributed by atoms with van der Waals surface area (Å²) in [5, 5.41) is 13.2. The van der Waals surface area contributed by atoms with Gasteiger partial charge in [0.1, 0.15) is 29.2 Å². The maximum absolute atomic E-state index is 13.2. The van der Waals surface area contributed by atoms with Gasteiger partial charge >= 0.3 is 0 Å². The van der Waals surface area contributed by atoms with Gasteiger partial charge in [0.25, 0.3) is 5.91 Å². The van der Waals surface area contributed by atoms with Crippen LogP contribution in [-0.2, 0) is 9.59 Å². The fraction of sp³-hybridized carbons (Fsp3) is 0.310. The number of hydrogen-bond acceptors (Lipinski definition) is 6. The number of nitrogens with zero attached hydrogens (tertiary/aromatic N) is 1. The standard InChI is InChI=1S/C29H32FN5O4S/c1-17(23-12-13-24(40-23)26(31)32)34-28(38)22-14-29(2,3)16-35(22)25(36)15-33-27(37)18-4-8-20(9-5-18)39-21-10-6-19(30)7-11-21/h4-13,17,22H,14-16H2,1-3H3,(H3,31,32)(H,33,37)(H,34,38)/t17-,22+/m1/s1. The van der Waals surface area contributed by atoms with Crippen molar-refractivity contribution >= 4 is 34.9 Å². The van der Waals surface area contributed by atoms with E-state index in [-0.39, 0.29) is 41.5 Å². The fourth-order valence-electron chi connectivity index (χ4n) is 4.55. The average Bonchev–Trinajstić information content (AvgIpc) is 3.54. The second-order valence-electron chi connectivity index (χ2n) is 10.5. The lowest BCUT2D eigenvalue weighted by atomic mass is 9.90. The summed E-state index contributed by atoms with van der Waals surface area (Å²) in [5.74, 6) is -0.515. The van der Waals surface area contributed by atoms with Gasteiger partial charge in [0.05, 0.1) is 17.5 Å². The van der Waals surface area contributed by atoms with Crippen molar-refractivity contribution in [3.63, 3.8) is 0 Å². The zero-order valence-corrected chi connectivity index (χ0v) is 23.3. The molecule has 2 atom stereocenters. The minimum Gasteiger partial charge on any atom is -0.457 e. The second-order valence-corrected chi connectivity index (χ2v) is 11.6. The Labute approximate surface area is 236 Å². The zero-order valence-electron chi connectivity index (χ0n) is 22.5. The predicted octanol–water partition coefficient (Wildman–Crippen LogP) is 4.20. The molecule has 3 aromatic rings. The molecule has 1 aliphatic heterocycles. The fourth-order valence-corrected chi connectivity index (χ4v) is 5.42. The summed E-state index contributed by atoms with van der Waals surface area (Å²) in [4.78, 5) is 42.1. The van der Waals surface area contributed by atoms with Crippen LogP contribution in [-0.4, -0.2) is 47.6 Å². The molecular formula is C29H32FN5O4S. The molecule has 0 bridgehead atoms. The summed E-state index contributed by atoms with van der Waals surface area (Å²) >= 11 is 1.34. The van der Waals surface area contributed by atoms with Crippen LogP contribution in [0.5, 0.6) is 11.5 Å². The van der Waals surface area contributed by atoms with Crippen molar-refractivity contribution in [2.45, 2.75) is 39.3 Å². The van der Waals surface area contributed by atoms with E-state index in [9.17, 15) is 18.8 Å². The number of nitrogen functional groups attached to an aromatic ring is 1. The van der Waals surface area contributed by atoms with E-state index in [0.717, 1.165) is 4.88 Å². The minimum absolute atomic E-state index is 0.0274. The largest absolute Gasteiger partial charge is 0.457 e. The van der Waals surface area contributed by atoms with Crippen LogP contribution in [0.25, 0.3) is 0 Å². The topological polar surface area (TPSA) is 138 Å². The molecule has 9 nitrogen and oxygen atoms in total. The van der Waals surface area contributed by atoms with E-state index in [4.69, 9.17) is 15.9 Å². The van der Waals surface area contributed by atoms with E-state index in [0.29, 0.717) is 34.9 Å². The number of nitrogens with one attached hydrogen (secondary N) is 3. The van der Waals surface area contributed by atoms with Crippen molar-refractivity contribution in [3.05, 3.63) is 81.8 Å². The highest BCUT2D eigenvalue weighted by Gasteiger charge is 2.43. The molecule has 1 aromatic heterocycles. The van der Waals surface area contributed by atoms with E-state index >= 15 is 0 Å². The van der Waals surface area contributed by atoms with Gasteiger partial charge in [-0.25, -0.2) is 4.39 Å². The van der Waals surface area contributed by atoms with Crippen LogP contribution in [0.4, 0.5) is 4.39 Å². The van der Waals surface area contributed by atoms with Crippen LogP contribution < -0.4 is 21.1 Å². The molecule has 210 valence electrons. The van der Waals surface area contributed by atoms with E-state index < -0.39 is 11.9 Å². The van der Waals surface area contributed by atoms with Gasteiger partial charge in [-0.3, -0.25) is 19.8 Å².